The minimum absolute atomic E-state index is 0.0859. The van der Waals surface area contributed by atoms with Crippen molar-refractivity contribution in [3.63, 3.8) is 0 Å². The van der Waals surface area contributed by atoms with Gasteiger partial charge < -0.3 is 11.1 Å². The predicted molar refractivity (Wildman–Crippen MR) is 45.7 cm³/mol. The summed E-state index contributed by atoms with van der Waals surface area (Å²) in [5, 5.41) is 2.97. The Morgan fingerprint density at radius 1 is 1.60 bits per heavy atom. The molecule has 0 atom stereocenters. The second-order valence-electron chi connectivity index (χ2n) is 3.44. The zero-order chi connectivity index (χ0) is 8.20. The van der Waals surface area contributed by atoms with Crippen LogP contribution in [0.4, 0.5) is 0 Å². The summed E-state index contributed by atoms with van der Waals surface area (Å²) in [6.07, 6.45) is 2.92. The van der Waals surface area contributed by atoms with Gasteiger partial charge in [-0.1, -0.05) is 5.57 Å². The third-order valence-electron chi connectivity index (χ3n) is 1.13. The topological polar surface area (TPSA) is 38.0 Å². The van der Waals surface area contributed by atoms with Crippen LogP contribution in [0, 0.1) is 0 Å². The summed E-state index contributed by atoms with van der Waals surface area (Å²) in [5.41, 5.74) is 7.00. The molecule has 3 N–H and O–H groups in total. The molecular weight excluding hydrogens is 124 g/mol. The van der Waals surface area contributed by atoms with Crippen LogP contribution in [-0.4, -0.2) is 12.6 Å². The van der Waals surface area contributed by atoms with Crippen molar-refractivity contribution >= 4 is 0 Å². The van der Waals surface area contributed by atoms with Gasteiger partial charge in [-0.25, -0.2) is 0 Å². The Bertz CT molecular complexity index is 120. The minimum Gasteiger partial charge on any atom is -0.394 e. The molecule has 2 heteroatoms. The number of rotatable bonds is 3. The molecule has 0 fully saturated rings. The van der Waals surface area contributed by atoms with E-state index in [0.29, 0.717) is 0 Å². The zero-order valence-corrected chi connectivity index (χ0v) is 7.36. The van der Waals surface area contributed by atoms with Gasteiger partial charge in [0.05, 0.1) is 0 Å². The van der Waals surface area contributed by atoms with Gasteiger partial charge in [0, 0.05) is 12.6 Å². The fourth-order valence-electron chi connectivity index (χ4n) is 1.02. The van der Waals surface area contributed by atoms with E-state index in [2.05, 4.69) is 12.2 Å². The summed E-state index contributed by atoms with van der Waals surface area (Å²) in [7, 11) is 1.90. The van der Waals surface area contributed by atoms with Gasteiger partial charge >= 0.3 is 0 Å². The van der Waals surface area contributed by atoms with Crippen LogP contribution in [0.1, 0.15) is 27.2 Å². The Morgan fingerprint density at radius 2 is 2.10 bits per heavy atom. The van der Waals surface area contributed by atoms with Crippen LogP contribution >= 0.6 is 0 Å². The minimum atomic E-state index is -0.0859. The lowest BCUT2D eigenvalue weighted by Crippen LogP contribution is -2.32. The Balaban J connectivity index is 3.79. The Hall–Kier alpha value is -0.500. The molecule has 0 spiro atoms. The quantitative estimate of drug-likeness (QED) is 0.622. The highest BCUT2D eigenvalue weighted by atomic mass is 14.8. The molecule has 0 aliphatic carbocycles. The monoisotopic (exact) mass is 142 g/mol. The summed E-state index contributed by atoms with van der Waals surface area (Å²) in [6, 6.07) is 0. The summed E-state index contributed by atoms with van der Waals surface area (Å²) >= 11 is 0. The fourth-order valence-corrected chi connectivity index (χ4v) is 1.02. The van der Waals surface area contributed by atoms with Crippen LogP contribution < -0.4 is 11.1 Å². The van der Waals surface area contributed by atoms with E-state index in [-0.39, 0.29) is 5.54 Å². The van der Waals surface area contributed by atoms with Crippen molar-refractivity contribution < 1.29 is 0 Å². The predicted octanol–water partition coefficient (Wildman–Crippen LogP) is 1.24. The van der Waals surface area contributed by atoms with E-state index in [0.717, 1.165) is 6.42 Å². The lowest BCUT2D eigenvalue weighted by molar-refractivity contribution is 0.513. The van der Waals surface area contributed by atoms with Gasteiger partial charge in [-0.15, -0.1) is 0 Å². The highest BCUT2D eigenvalue weighted by Gasteiger charge is 2.10. The summed E-state index contributed by atoms with van der Waals surface area (Å²) in [4.78, 5) is 0. The maximum Gasteiger partial charge on any atom is 0.0135 e. The molecule has 0 rings (SSSR count). The fraction of sp³-hybridized carbons (Fsp3) is 0.750. The van der Waals surface area contributed by atoms with Gasteiger partial charge in [-0.05, 0) is 33.4 Å². The van der Waals surface area contributed by atoms with E-state index >= 15 is 0 Å². The van der Waals surface area contributed by atoms with E-state index in [1.54, 1.807) is 0 Å². The molecule has 0 heterocycles. The summed E-state index contributed by atoms with van der Waals surface area (Å²) in [6.45, 7) is 6.13. The lowest BCUT2D eigenvalue weighted by Gasteiger charge is -2.18. The van der Waals surface area contributed by atoms with Crippen molar-refractivity contribution in [1.29, 1.82) is 0 Å². The zero-order valence-electron chi connectivity index (χ0n) is 7.36. The summed E-state index contributed by atoms with van der Waals surface area (Å²) in [5.74, 6) is 0. The van der Waals surface area contributed by atoms with E-state index in [9.17, 15) is 0 Å². The number of nitrogens with one attached hydrogen (secondary N) is 1. The average molecular weight is 142 g/mol. The molecule has 0 aromatic heterocycles. The van der Waals surface area contributed by atoms with E-state index < -0.39 is 0 Å². The molecule has 0 aliphatic heterocycles. The molecule has 2 nitrogen and oxygen atoms in total. The third kappa shape index (κ3) is 5.63. The van der Waals surface area contributed by atoms with E-state index in [1.807, 2.05) is 27.1 Å². The molecule has 0 aromatic rings. The first-order valence-corrected chi connectivity index (χ1v) is 3.57. The van der Waals surface area contributed by atoms with Gasteiger partial charge in [0.15, 0.2) is 0 Å². The lowest BCUT2D eigenvalue weighted by atomic mass is 9.98. The highest BCUT2D eigenvalue weighted by molar-refractivity contribution is 5.01. The van der Waals surface area contributed by atoms with Gasteiger partial charge in [0.2, 0.25) is 0 Å². The normalized spacial score (nSPS) is 13.5. The first-order valence-electron chi connectivity index (χ1n) is 3.57. The van der Waals surface area contributed by atoms with Crippen LogP contribution in [0.25, 0.3) is 0 Å². The molecule has 0 aliphatic rings. The molecule has 0 bridgehead atoms. The van der Waals surface area contributed by atoms with Gasteiger partial charge in [0.25, 0.3) is 0 Å². The highest BCUT2D eigenvalue weighted by Crippen LogP contribution is 2.10. The molecule has 0 unspecified atom stereocenters. The second kappa shape index (κ2) is 3.62. The first-order chi connectivity index (χ1) is 4.45. The van der Waals surface area contributed by atoms with Gasteiger partial charge in [0.1, 0.15) is 0 Å². The number of hydrogen-bond acceptors (Lipinski definition) is 2. The van der Waals surface area contributed by atoms with Crippen LogP contribution in [0.2, 0.25) is 0 Å². The molecule has 0 amide bonds. The number of hydrogen-bond donors (Lipinski definition) is 2. The van der Waals surface area contributed by atoms with Crippen molar-refractivity contribution in [2.75, 3.05) is 7.05 Å². The Labute approximate surface area is 63.5 Å². The second-order valence-corrected chi connectivity index (χ2v) is 3.44. The van der Waals surface area contributed by atoms with Gasteiger partial charge in [-0.3, -0.25) is 0 Å². The third-order valence-corrected chi connectivity index (χ3v) is 1.13. The van der Waals surface area contributed by atoms with Crippen molar-refractivity contribution in [3.05, 3.63) is 11.8 Å². The van der Waals surface area contributed by atoms with Crippen LogP contribution in [0.15, 0.2) is 11.8 Å². The molecular formula is C8H18N2. The van der Waals surface area contributed by atoms with Gasteiger partial charge in [-0.2, -0.15) is 0 Å². The van der Waals surface area contributed by atoms with Crippen molar-refractivity contribution in [2.24, 2.45) is 5.73 Å². The SMILES string of the molecule is CN/C=C(/C)CC(C)(C)N. The molecule has 0 saturated carbocycles. The van der Waals surface area contributed by atoms with E-state index in [1.165, 1.54) is 5.57 Å². The van der Waals surface area contributed by atoms with Crippen LogP contribution in [-0.2, 0) is 0 Å². The van der Waals surface area contributed by atoms with Crippen molar-refractivity contribution in [2.45, 2.75) is 32.7 Å². The molecule has 0 aromatic carbocycles. The van der Waals surface area contributed by atoms with Crippen molar-refractivity contribution in [3.8, 4) is 0 Å². The first kappa shape index (κ1) is 9.50. The Morgan fingerprint density at radius 3 is 2.40 bits per heavy atom. The molecule has 10 heavy (non-hydrogen) atoms. The Kier molecular flexibility index (Phi) is 3.43. The largest absolute Gasteiger partial charge is 0.394 e. The van der Waals surface area contributed by atoms with Crippen LogP contribution in [0.3, 0.4) is 0 Å². The number of nitrogens with two attached hydrogens (primary N) is 1. The maximum absolute atomic E-state index is 5.80. The smallest absolute Gasteiger partial charge is 0.0135 e. The molecule has 60 valence electrons. The standard InChI is InChI=1S/C8H18N2/c1-7(6-10-4)5-8(2,3)9/h6,10H,5,9H2,1-4H3/b7-6-. The molecule has 0 radical (unpaired) electrons. The maximum atomic E-state index is 5.80. The average Bonchev–Trinajstić information content (AvgIpc) is 1.59. The summed E-state index contributed by atoms with van der Waals surface area (Å²) < 4.78 is 0. The van der Waals surface area contributed by atoms with Crippen molar-refractivity contribution in [1.82, 2.24) is 5.32 Å². The van der Waals surface area contributed by atoms with Crippen LogP contribution in [0.5, 0.6) is 0 Å². The molecule has 0 saturated heterocycles. The van der Waals surface area contributed by atoms with E-state index in [4.69, 9.17) is 5.73 Å².